The van der Waals surface area contributed by atoms with Gasteiger partial charge in [0.2, 0.25) is 0 Å². The number of fused-ring (bicyclic) bond motifs is 4. The predicted octanol–water partition coefficient (Wildman–Crippen LogP) is 10.5. The third-order valence-corrected chi connectivity index (χ3v) is 8.49. The smallest absolute Gasteiger partial charge is 0.0547 e. The Hall–Kier alpha value is -5.14. The number of aromatic nitrogens is 1. The van der Waals surface area contributed by atoms with Gasteiger partial charge < -0.3 is 4.57 Å². The van der Waals surface area contributed by atoms with Crippen LogP contribution < -0.4 is 0 Å². The molecule has 9 rings (SSSR count). The van der Waals surface area contributed by atoms with E-state index in [1.807, 2.05) is 0 Å². The van der Waals surface area contributed by atoms with Crippen molar-refractivity contribution in [2.75, 3.05) is 0 Å². The molecule has 1 heteroatoms. The van der Waals surface area contributed by atoms with Crippen LogP contribution in [0.25, 0.3) is 81.7 Å². The molecule has 39 heavy (non-hydrogen) atoms. The van der Waals surface area contributed by atoms with Crippen LogP contribution in [0.5, 0.6) is 0 Å². The fourth-order valence-corrected chi connectivity index (χ4v) is 6.72. The molecule has 0 aliphatic heterocycles. The van der Waals surface area contributed by atoms with Crippen molar-refractivity contribution in [3.8, 4) is 16.8 Å². The zero-order chi connectivity index (χ0) is 25.5. The van der Waals surface area contributed by atoms with Crippen LogP contribution in [0.3, 0.4) is 0 Å². The van der Waals surface area contributed by atoms with E-state index in [0.717, 1.165) is 0 Å². The van der Waals surface area contributed by atoms with E-state index in [4.69, 9.17) is 0 Å². The van der Waals surface area contributed by atoms with Crippen LogP contribution in [0, 0.1) is 0 Å². The number of para-hydroxylation sites is 1. The minimum Gasteiger partial charge on any atom is -0.309 e. The standard InChI is InChI=1S/C38H23N/c1-2-11-30(12-3-1)39-35-20-17-29(22-33(35)34-21-27-7-4-5-8-28(27)23-36(34)39)31-18-15-26-14-13-24-9-6-10-25-16-19-32(31)38(26)37(24)25/h1-23H. The first-order valence-electron chi connectivity index (χ1n) is 13.5. The van der Waals surface area contributed by atoms with E-state index in [9.17, 15) is 0 Å². The van der Waals surface area contributed by atoms with Gasteiger partial charge in [0.25, 0.3) is 0 Å². The third kappa shape index (κ3) is 2.90. The molecule has 0 aliphatic rings. The van der Waals surface area contributed by atoms with Crippen LogP contribution in [-0.2, 0) is 0 Å². The summed E-state index contributed by atoms with van der Waals surface area (Å²) in [6, 6.07) is 51.4. The van der Waals surface area contributed by atoms with E-state index < -0.39 is 0 Å². The average Bonchev–Trinajstić information content (AvgIpc) is 3.31. The van der Waals surface area contributed by atoms with Gasteiger partial charge in [0.1, 0.15) is 0 Å². The molecule has 180 valence electrons. The lowest BCUT2D eigenvalue weighted by molar-refractivity contribution is 1.18. The maximum atomic E-state index is 2.41. The normalized spacial score (nSPS) is 12.1. The summed E-state index contributed by atoms with van der Waals surface area (Å²) >= 11 is 0. The molecule has 0 saturated carbocycles. The van der Waals surface area contributed by atoms with Gasteiger partial charge in [-0.15, -0.1) is 0 Å². The summed E-state index contributed by atoms with van der Waals surface area (Å²) in [7, 11) is 0. The number of hydrogen-bond acceptors (Lipinski definition) is 0. The maximum Gasteiger partial charge on any atom is 0.0547 e. The van der Waals surface area contributed by atoms with E-state index in [0.29, 0.717) is 0 Å². The van der Waals surface area contributed by atoms with E-state index in [1.165, 1.54) is 81.7 Å². The van der Waals surface area contributed by atoms with Gasteiger partial charge in [0, 0.05) is 16.5 Å². The molecule has 0 saturated heterocycles. The molecule has 9 aromatic rings. The maximum absolute atomic E-state index is 2.41. The van der Waals surface area contributed by atoms with Crippen molar-refractivity contribution in [3.63, 3.8) is 0 Å². The monoisotopic (exact) mass is 493 g/mol. The summed E-state index contributed by atoms with van der Waals surface area (Å²) in [5.41, 5.74) is 6.18. The molecular formula is C38H23N. The number of benzene rings is 8. The average molecular weight is 494 g/mol. The van der Waals surface area contributed by atoms with Gasteiger partial charge in [-0.3, -0.25) is 0 Å². The van der Waals surface area contributed by atoms with Crippen LogP contribution in [0.2, 0.25) is 0 Å². The Bertz CT molecular complexity index is 2360. The van der Waals surface area contributed by atoms with Crippen LogP contribution in [0.4, 0.5) is 0 Å². The molecule has 8 aromatic carbocycles. The minimum absolute atomic E-state index is 1.18. The van der Waals surface area contributed by atoms with Gasteiger partial charge in [-0.1, -0.05) is 103 Å². The molecule has 0 N–H and O–H groups in total. The quantitative estimate of drug-likeness (QED) is 0.211. The van der Waals surface area contributed by atoms with E-state index >= 15 is 0 Å². The van der Waals surface area contributed by atoms with Crippen LogP contribution >= 0.6 is 0 Å². The molecule has 0 atom stereocenters. The highest BCUT2D eigenvalue weighted by Gasteiger charge is 2.16. The Morgan fingerprint density at radius 2 is 1.00 bits per heavy atom. The Morgan fingerprint density at radius 1 is 0.359 bits per heavy atom. The van der Waals surface area contributed by atoms with Crippen molar-refractivity contribution >= 4 is 64.9 Å². The van der Waals surface area contributed by atoms with Crippen molar-refractivity contribution in [2.45, 2.75) is 0 Å². The van der Waals surface area contributed by atoms with Crippen molar-refractivity contribution in [2.24, 2.45) is 0 Å². The largest absolute Gasteiger partial charge is 0.309 e. The van der Waals surface area contributed by atoms with Gasteiger partial charge in [-0.05, 0) is 90.6 Å². The lowest BCUT2D eigenvalue weighted by atomic mass is 9.89. The Balaban J connectivity index is 1.38. The Kier molecular flexibility index (Phi) is 4.11. The van der Waals surface area contributed by atoms with Crippen LogP contribution in [0.15, 0.2) is 140 Å². The lowest BCUT2D eigenvalue weighted by Crippen LogP contribution is -1.93. The first-order valence-corrected chi connectivity index (χ1v) is 13.5. The Morgan fingerprint density at radius 3 is 1.82 bits per heavy atom. The molecule has 0 fully saturated rings. The highest BCUT2D eigenvalue weighted by molar-refractivity contribution is 6.25. The SMILES string of the molecule is c1ccc(-n2c3ccc(-c4ccc5ccc6cccc7ccc4c5c67)cc3c3cc4ccccc4cc32)cc1. The molecule has 0 unspecified atom stereocenters. The van der Waals surface area contributed by atoms with Crippen molar-refractivity contribution in [1.29, 1.82) is 0 Å². The summed E-state index contributed by atoms with van der Waals surface area (Å²) in [5.74, 6) is 0. The molecule has 0 aliphatic carbocycles. The molecule has 0 spiro atoms. The molecule has 1 heterocycles. The predicted molar refractivity (Wildman–Crippen MR) is 167 cm³/mol. The first-order chi connectivity index (χ1) is 19.3. The van der Waals surface area contributed by atoms with E-state index in [1.54, 1.807) is 0 Å². The second-order valence-electron chi connectivity index (χ2n) is 10.6. The first kappa shape index (κ1) is 20.9. The molecule has 1 nitrogen and oxygen atoms in total. The van der Waals surface area contributed by atoms with Gasteiger partial charge >= 0.3 is 0 Å². The summed E-state index contributed by atoms with van der Waals surface area (Å²) < 4.78 is 2.41. The number of nitrogens with zero attached hydrogens (tertiary/aromatic N) is 1. The number of hydrogen-bond donors (Lipinski definition) is 0. The third-order valence-electron chi connectivity index (χ3n) is 8.49. The zero-order valence-electron chi connectivity index (χ0n) is 21.2. The van der Waals surface area contributed by atoms with Gasteiger partial charge in [0.15, 0.2) is 0 Å². The molecular weight excluding hydrogens is 470 g/mol. The molecule has 0 bridgehead atoms. The highest BCUT2D eigenvalue weighted by atomic mass is 15.0. The summed E-state index contributed by atoms with van der Waals surface area (Å²) in [6.07, 6.45) is 0. The summed E-state index contributed by atoms with van der Waals surface area (Å²) in [6.45, 7) is 0. The van der Waals surface area contributed by atoms with Crippen LogP contribution in [-0.4, -0.2) is 4.57 Å². The van der Waals surface area contributed by atoms with Gasteiger partial charge in [0.05, 0.1) is 11.0 Å². The summed E-state index contributed by atoms with van der Waals surface area (Å²) in [5, 5.41) is 13.0. The summed E-state index contributed by atoms with van der Waals surface area (Å²) in [4.78, 5) is 0. The minimum atomic E-state index is 1.18. The number of rotatable bonds is 2. The molecule has 0 radical (unpaired) electrons. The van der Waals surface area contributed by atoms with Crippen molar-refractivity contribution < 1.29 is 0 Å². The second-order valence-corrected chi connectivity index (χ2v) is 10.6. The van der Waals surface area contributed by atoms with Crippen molar-refractivity contribution in [3.05, 3.63) is 140 Å². The van der Waals surface area contributed by atoms with E-state index in [-0.39, 0.29) is 0 Å². The van der Waals surface area contributed by atoms with Crippen LogP contribution in [0.1, 0.15) is 0 Å². The molecule has 0 amide bonds. The van der Waals surface area contributed by atoms with E-state index in [2.05, 4.69) is 144 Å². The van der Waals surface area contributed by atoms with Gasteiger partial charge in [-0.25, -0.2) is 0 Å². The highest BCUT2D eigenvalue weighted by Crippen LogP contribution is 2.41. The molecule has 1 aromatic heterocycles. The zero-order valence-corrected chi connectivity index (χ0v) is 21.2. The second kappa shape index (κ2) is 7.69. The Labute approximate surface area is 225 Å². The van der Waals surface area contributed by atoms with Crippen molar-refractivity contribution in [1.82, 2.24) is 4.57 Å². The lowest BCUT2D eigenvalue weighted by Gasteiger charge is -2.14. The fraction of sp³-hybridized carbons (Fsp3) is 0. The van der Waals surface area contributed by atoms with Gasteiger partial charge in [-0.2, -0.15) is 0 Å². The topological polar surface area (TPSA) is 4.93 Å². The fourth-order valence-electron chi connectivity index (χ4n) is 6.72.